The van der Waals surface area contributed by atoms with Gasteiger partial charge >= 0.3 is 7.60 Å². The van der Waals surface area contributed by atoms with Crippen molar-refractivity contribution in [3.8, 4) is 0 Å². The van der Waals surface area contributed by atoms with Crippen LogP contribution >= 0.6 is 7.60 Å². The maximum atomic E-state index is 12.1. The lowest BCUT2D eigenvalue weighted by molar-refractivity contribution is 0.275. The summed E-state index contributed by atoms with van der Waals surface area (Å²) in [6, 6.07) is 8.42. The Balaban J connectivity index is 2.98. The molecule has 0 aliphatic rings. The fraction of sp³-hybridized carbons (Fsp3) is 0.600. The molecular formula is C15H27O3PSi. The van der Waals surface area contributed by atoms with Gasteiger partial charge < -0.3 is 9.05 Å². The molecule has 0 aliphatic carbocycles. The SMILES string of the molecule is COP(=O)(Cc1ccc([Si](C)(C)C(C)(C)C)cc1)OC. The average molecular weight is 314 g/mol. The molecular weight excluding hydrogens is 287 g/mol. The molecule has 0 amide bonds. The maximum Gasteiger partial charge on any atom is 0.334 e. The summed E-state index contributed by atoms with van der Waals surface area (Å²) in [6.45, 7) is 11.7. The van der Waals surface area contributed by atoms with E-state index in [1.165, 1.54) is 19.4 Å². The molecule has 0 radical (unpaired) electrons. The van der Waals surface area contributed by atoms with E-state index in [1.54, 1.807) is 0 Å². The fourth-order valence-corrected chi connectivity index (χ4v) is 4.82. The minimum atomic E-state index is -2.98. The van der Waals surface area contributed by atoms with E-state index in [2.05, 4.69) is 46.0 Å². The van der Waals surface area contributed by atoms with E-state index < -0.39 is 15.7 Å². The molecule has 0 spiro atoms. The first-order chi connectivity index (χ1) is 9.05. The third-order valence-electron chi connectivity index (χ3n) is 4.48. The van der Waals surface area contributed by atoms with Crippen LogP contribution in [0.4, 0.5) is 0 Å². The Morgan fingerprint density at radius 1 is 1.05 bits per heavy atom. The third kappa shape index (κ3) is 3.82. The predicted molar refractivity (Wildman–Crippen MR) is 88.6 cm³/mol. The molecule has 20 heavy (non-hydrogen) atoms. The Kier molecular flexibility index (Phi) is 5.42. The van der Waals surface area contributed by atoms with Gasteiger partial charge in [0, 0.05) is 14.2 Å². The van der Waals surface area contributed by atoms with Gasteiger partial charge in [0.25, 0.3) is 0 Å². The molecule has 0 saturated heterocycles. The van der Waals surface area contributed by atoms with E-state index in [1.807, 2.05) is 12.1 Å². The van der Waals surface area contributed by atoms with Crippen LogP contribution in [0.15, 0.2) is 24.3 Å². The van der Waals surface area contributed by atoms with Gasteiger partial charge in [-0.25, -0.2) is 0 Å². The highest BCUT2D eigenvalue weighted by atomic mass is 31.2. The number of hydrogen-bond acceptors (Lipinski definition) is 3. The number of rotatable bonds is 5. The topological polar surface area (TPSA) is 35.5 Å². The van der Waals surface area contributed by atoms with E-state index in [-0.39, 0.29) is 0 Å². The minimum absolute atomic E-state index is 0.308. The van der Waals surface area contributed by atoms with Gasteiger partial charge in [0.05, 0.1) is 14.2 Å². The van der Waals surface area contributed by atoms with Crippen LogP contribution in [-0.4, -0.2) is 22.3 Å². The summed E-state index contributed by atoms with van der Waals surface area (Å²) in [6.07, 6.45) is 0.317. The lowest BCUT2D eigenvalue weighted by Crippen LogP contribution is -2.49. The molecule has 1 aromatic rings. The summed E-state index contributed by atoms with van der Waals surface area (Å²) in [7, 11) is -1.64. The van der Waals surface area contributed by atoms with Crippen molar-refractivity contribution in [2.24, 2.45) is 0 Å². The Hall–Kier alpha value is -0.413. The van der Waals surface area contributed by atoms with Crippen LogP contribution in [-0.2, 0) is 19.8 Å². The molecule has 3 nitrogen and oxygen atoms in total. The zero-order valence-electron chi connectivity index (χ0n) is 13.7. The summed E-state index contributed by atoms with van der Waals surface area (Å²) in [5.41, 5.74) is 0.986. The zero-order chi connectivity index (χ0) is 15.6. The molecule has 1 aromatic carbocycles. The largest absolute Gasteiger partial charge is 0.334 e. The molecule has 0 bridgehead atoms. The predicted octanol–water partition coefficient (Wildman–Crippen LogP) is 4.39. The summed E-state index contributed by atoms with van der Waals surface area (Å²) in [5, 5.41) is 1.72. The van der Waals surface area contributed by atoms with E-state index in [9.17, 15) is 4.57 Å². The molecule has 1 rings (SSSR count). The lowest BCUT2D eigenvalue weighted by atomic mass is 10.2. The first-order valence-electron chi connectivity index (χ1n) is 6.86. The van der Waals surface area contributed by atoms with E-state index in [4.69, 9.17) is 9.05 Å². The monoisotopic (exact) mass is 314 g/mol. The van der Waals surface area contributed by atoms with Gasteiger partial charge in [-0.15, -0.1) is 0 Å². The normalized spacial score (nSPS) is 13.6. The highest BCUT2D eigenvalue weighted by molar-refractivity contribution is 7.52. The van der Waals surface area contributed by atoms with Gasteiger partial charge in [-0.2, -0.15) is 0 Å². The van der Waals surface area contributed by atoms with Crippen molar-refractivity contribution in [3.63, 3.8) is 0 Å². The van der Waals surface area contributed by atoms with Crippen LogP contribution < -0.4 is 5.19 Å². The maximum absolute atomic E-state index is 12.1. The Labute approximate surface area is 124 Å². The van der Waals surface area contributed by atoms with Crippen LogP contribution in [0.25, 0.3) is 0 Å². The molecule has 0 aliphatic heterocycles. The molecule has 5 heteroatoms. The van der Waals surface area contributed by atoms with Gasteiger partial charge in [-0.3, -0.25) is 4.57 Å². The standard InChI is InChI=1S/C15H27O3PSi/c1-15(2,3)20(6,7)14-10-8-13(9-11-14)12-19(16,17-4)18-5/h8-11H,12H2,1-7H3. The van der Waals surface area contributed by atoms with Crippen molar-refractivity contribution in [2.75, 3.05) is 14.2 Å². The van der Waals surface area contributed by atoms with Crippen LogP contribution in [0.2, 0.25) is 18.1 Å². The van der Waals surface area contributed by atoms with E-state index in [0.29, 0.717) is 11.2 Å². The van der Waals surface area contributed by atoms with Gasteiger partial charge in [0.2, 0.25) is 0 Å². The third-order valence-corrected chi connectivity index (χ3v) is 11.9. The Bertz CT molecular complexity index is 481. The summed E-state index contributed by atoms with van der Waals surface area (Å²) in [5.74, 6) is 0. The van der Waals surface area contributed by atoms with E-state index >= 15 is 0 Å². The fourth-order valence-electron chi connectivity index (χ4n) is 1.89. The van der Waals surface area contributed by atoms with Gasteiger partial charge in [-0.05, 0) is 10.6 Å². The molecule has 0 N–H and O–H groups in total. The van der Waals surface area contributed by atoms with Crippen LogP contribution in [0, 0.1) is 0 Å². The molecule has 0 atom stereocenters. The lowest BCUT2D eigenvalue weighted by Gasteiger charge is -2.37. The van der Waals surface area contributed by atoms with E-state index in [0.717, 1.165) is 5.56 Å². The van der Waals surface area contributed by atoms with Gasteiger partial charge in [0.15, 0.2) is 0 Å². The second kappa shape index (κ2) is 6.14. The second-order valence-corrected chi connectivity index (χ2v) is 14.3. The molecule has 0 aromatic heterocycles. The smallest absolute Gasteiger partial charge is 0.312 e. The Morgan fingerprint density at radius 2 is 1.50 bits per heavy atom. The average Bonchev–Trinajstić information content (AvgIpc) is 2.38. The number of benzene rings is 1. The molecule has 0 unspecified atom stereocenters. The first kappa shape index (κ1) is 17.6. The number of hydrogen-bond donors (Lipinski definition) is 0. The molecule has 114 valence electrons. The summed E-state index contributed by atoms with van der Waals surface area (Å²) in [4.78, 5) is 0. The van der Waals surface area contributed by atoms with Crippen LogP contribution in [0.1, 0.15) is 26.3 Å². The van der Waals surface area contributed by atoms with Crippen LogP contribution in [0.5, 0.6) is 0 Å². The van der Waals surface area contributed by atoms with Crippen LogP contribution in [0.3, 0.4) is 0 Å². The summed E-state index contributed by atoms with van der Waals surface area (Å²) >= 11 is 0. The van der Waals surface area contributed by atoms with Crippen molar-refractivity contribution >= 4 is 20.9 Å². The van der Waals surface area contributed by atoms with Crippen molar-refractivity contribution in [2.45, 2.75) is 45.1 Å². The summed E-state index contributed by atoms with van der Waals surface area (Å²) < 4.78 is 22.1. The van der Waals surface area contributed by atoms with Gasteiger partial charge in [0.1, 0.15) is 0 Å². The van der Waals surface area contributed by atoms with Crippen molar-refractivity contribution in [3.05, 3.63) is 29.8 Å². The second-order valence-electron chi connectivity index (χ2n) is 6.71. The van der Waals surface area contributed by atoms with Gasteiger partial charge in [-0.1, -0.05) is 63.3 Å². The Morgan fingerprint density at radius 3 is 1.85 bits per heavy atom. The van der Waals surface area contributed by atoms with Crippen molar-refractivity contribution < 1.29 is 13.6 Å². The van der Waals surface area contributed by atoms with Crippen molar-refractivity contribution in [1.29, 1.82) is 0 Å². The molecule has 0 heterocycles. The molecule has 0 fully saturated rings. The highest BCUT2D eigenvalue weighted by Crippen LogP contribution is 2.49. The first-order valence-corrected chi connectivity index (χ1v) is 11.6. The zero-order valence-corrected chi connectivity index (χ0v) is 15.6. The highest BCUT2D eigenvalue weighted by Gasteiger charge is 2.36. The minimum Gasteiger partial charge on any atom is -0.312 e. The molecule has 0 saturated carbocycles. The van der Waals surface area contributed by atoms with Crippen molar-refractivity contribution in [1.82, 2.24) is 0 Å². The quantitative estimate of drug-likeness (QED) is 0.597.